The Kier molecular flexibility index (Phi) is 6.19. The molecule has 1 saturated carbocycles. The second-order valence-corrected chi connectivity index (χ2v) is 8.44. The Balaban J connectivity index is 1.44. The molecule has 0 unspecified atom stereocenters. The van der Waals surface area contributed by atoms with Crippen molar-refractivity contribution < 1.29 is 9.59 Å². The fourth-order valence-electron chi connectivity index (χ4n) is 4.76. The fourth-order valence-corrected chi connectivity index (χ4v) is 4.95. The zero-order chi connectivity index (χ0) is 20.2. The second-order valence-electron chi connectivity index (χ2n) is 8.00. The van der Waals surface area contributed by atoms with E-state index in [0.717, 1.165) is 38.6 Å². The highest BCUT2D eigenvalue weighted by Crippen LogP contribution is 2.40. The normalized spacial score (nSPS) is 23.6. The number of nitrogens with zero attached hydrogens (tertiary/aromatic N) is 3. The molecule has 1 aliphatic carbocycles. The van der Waals surface area contributed by atoms with Crippen LogP contribution in [0.1, 0.15) is 48.9 Å². The van der Waals surface area contributed by atoms with E-state index >= 15 is 0 Å². The van der Waals surface area contributed by atoms with Gasteiger partial charge < -0.3 is 10.2 Å². The number of benzene rings is 1. The molecule has 1 N–H and O–H groups in total. The summed E-state index contributed by atoms with van der Waals surface area (Å²) < 4.78 is 1.85. The summed E-state index contributed by atoms with van der Waals surface area (Å²) in [6, 6.07) is 8.65. The molecular formula is C22H27ClN4O2. The minimum absolute atomic E-state index is 0.0461. The predicted molar refractivity (Wildman–Crippen MR) is 112 cm³/mol. The van der Waals surface area contributed by atoms with Crippen molar-refractivity contribution in [2.24, 2.45) is 5.92 Å². The summed E-state index contributed by atoms with van der Waals surface area (Å²) in [6.45, 7) is 1.33. The number of fused-ring (bicyclic) bond motifs is 1. The van der Waals surface area contributed by atoms with Crippen LogP contribution in [0.4, 0.5) is 0 Å². The number of carbonyl (C=O) groups is 2. The van der Waals surface area contributed by atoms with E-state index in [9.17, 15) is 9.59 Å². The van der Waals surface area contributed by atoms with Gasteiger partial charge in [0, 0.05) is 42.1 Å². The van der Waals surface area contributed by atoms with Gasteiger partial charge in [-0.2, -0.15) is 5.10 Å². The van der Waals surface area contributed by atoms with E-state index in [-0.39, 0.29) is 17.9 Å². The van der Waals surface area contributed by atoms with Crippen molar-refractivity contribution in [1.82, 2.24) is 20.0 Å². The number of aromatic nitrogens is 2. The molecule has 29 heavy (non-hydrogen) atoms. The lowest BCUT2D eigenvalue weighted by molar-refractivity contribution is -0.125. The van der Waals surface area contributed by atoms with Crippen LogP contribution in [0, 0.1) is 5.92 Å². The number of rotatable bonds is 6. The lowest BCUT2D eigenvalue weighted by Crippen LogP contribution is -2.49. The highest BCUT2D eigenvalue weighted by molar-refractivity contribution is 6.31. The molecule has 0 bridgehead atoms. The van der Waals surface area contributed by atoms with Crippen LogP contribution in [-0.4, -0.2) is 45.1 Å². The summed E-state index contributed by atoms with van der Waals surface area (Å²) in [6.07, 6.45) is 9.56. The molecule has 2 fully saturated rings. The van der Waals surface area contributed by atoms with Crippen LogP contribution in [0.3, 0.4) is 0 Å². The van der Waals surface area contributed by atoms with E-state index in [4.69, 9.17) is 11.6 Å². The van der Waals surface area contributed by atoms with E-state index in [1.807, 2.05) is 21.8 Å². The highest BCUT2D eigenvalue weighted by atomic mass is 35.5. The van der Waals surface area contributed by atoms with Gasteiger partial charge in [-0.25, -0.2) is 0 Å². The topological polar surface area (TPSA) is 67.2 Å². The molecule has 0 spiro atoms. The van der Waals surface area contributed by atoms with Gasteiger partial charge in [-0.1, -0.05) is 30.5 Å². The molecule has 1 saturated heterocycles. The molecule has 1 aliphatic heterocycles. The number of carbonyl (C=O) groups excluding carboxylic acids is 2. The summed E-state index contributed by atoms with van der Waals surface area (Å²) in [7, 11) is 0. The molecule has 2 heterocycles. The lowest BCUT2D eigenvalue weighted by atomic mass is 9.84. The first-order chi connectivity index (χ1) is 14.1. The summed E-state index contributed by atoms with van der Waals surface area (Å²) >= 11 is 6.10. The third-order valence-corrected chi connectivity index (χ3v) is 6.35. The van der Waals surface area contributed by atoms with Gasteiger partial charge in [0.1, 0.15) is 6.04 Å². The number of aryl methyl sites for hydroxylation is 1. The molecule has 3 atom stereocenters. The van der Waals surface area contributed by atoms with Gasteiger partial charge in [-0.15, -0.1) is 0 Å². The SMILES string of the molecule is O=C(NCCCn1cccn1)[C@@H]1C[C@@H]2CCCC[C@@H]2N1C(=O)c1cccc(Cl)c1. The molecule has 2 aromatic rings. The minimum Gasteiger partial charge on any atom is -0.354 e. The van der Waals surface area contributed by atoms with Crippen LogP contribution < -0.4 is 5.32 Å². The van der Waals surface area contributed by atoms with Gasteiger partial charge in [-0.3, -0.25) is 14.3 Å². The van der Waals surface area contributed by atoms with Crippen molar-refractivity contribution in [2.45, 2.75) is 57.2 Å². The number of hydrogen-bond donors (Lipinski definition) is 1. The molecular weight excluding hydrogens is 388 g/mol. The monoisotopic (exact) mass is 414 g/mol. The van der Waals surface area contributed by atoms with Crippen LogP contribution in [0.25, 0.3) is 0 Å². The number of hydrogen-bond acceptors (Lipinski definition) is 3. The zero-order valence-corrected chi connectivity index (χ0v) is 17.2. The van der Waals surface area contributed by atoms with Gasteiger partial charge in [0.15, 0.2) is 0 Å². The Morgan fingerprint density at radius 1 is 1.21 bits per heavy atom. The Labute approximate surface area is 176 Å². The molecule has 2 aliphatic rings. The van der Waals surface area contributed by atoms with Crippen LogP contribution in [0.5, 0.6) is 0 Å². The number of amides is 2. The maximum atomic E-state index is 13.3. The Morgan fingerprint density at radius 2 is 2.07 bits per heavy atom. The second kappa shape index (κ2) is 8.99. The predicted octanol–water partition coefficient (Wildman–Crippen LogP) is 3.52. The first-order valence-corrected chi connectivity index (χ1v) is 10.8. The van der Waals surface area contributed by atoms with Gasteiger partial charge in [0.05, 0.1) is 0 Å². The summed E-state index contributed by atoms with van der Waals surface area (Å²) in [5.41, 5.74) is 0.556. The molecule has 6 nitrogen and oxygen atoms in total. The quantitative estimate of drug-likeness (QED) is 0.735. The Bertz CT molecular complexity index is 854. The van der Waals surface area contributed by atoms with Crippen molar-refractivity contribution in [2.75, 3.05) is 6.54 Å². The molecule has 1 aromatic heterocycles. The Morgan fingerprint density at radius 3 is 2.86 bits per heavy atom. The molecule has 1 aromatic carbocycles. The average molecular weight is 415 g/mol. The summed E-state index contributed by atoms with van der Waals surface area (Å²) in [4.78, 5) is 28.2. The zero-order valence-electron chi connectivity index (χ0n) is 16.5. The molecule has 0 radical (unpaired) electrons. The maximum absolute atomic E-state index is 13.3. The molecule has 7 heteroatoms. The number of likely N-dealkylation sites (tertiary alicyclic amines) is 1. The lowest BCUT2D eigenvalue weighted by Gasteiger charge is -2.33. The van der Waals surface area contributed by atoms with E-state index < -0.39 is 6.04 Å². The smallest absolute Gasteiger partial charge is 0.254 e. The molecule has 154 valence electrons. The van der Waals surface area contributed by atoms with Crippen molar-refractivity contribution in [3.63, 3.8) is 0 Å². The van der Waals surface area contributed by atoms with E-state index in [2.05, 4.69) is 10.4 Å². The van der Waals surface area contributed by atoms with E-state index in [1.54, 1.807) is 30.5 Å². The summed E-state index contributed by atoms with van der Waals surface area (Å²) in [5.74, 6) is 0.278. The van der Waals surface area contributed by atoms with Crippen LogP contribution >= 0.6 is 11.6 Å². The third-order valence-electron chi connectivity index (χ3n) is 6.12. The first-order valence-electron chi connectivity index (χ1n) is 10.5. The summed E-state index contributed by atoms with van der Waals surface area (Å²) in [5, 5.41) is 7.76. The molecule has 2 amide bonds. The van der Waals surface area contributed by atoms with Gasteiger partial charge >= 0.3 is 0 Å². The maximum Gasteiger partial charge on any atom is 0.254 e. The fraction of sp³-hybridized carbons (Fsp3) is 0.500. The van der Waals surface area contributed by atoms with Crippen LogP contribution in [0.15, 0.2) is 42.7 Å². The van der Waals surface area contributed by atoms with Crippen molar-refractivity contribution in [1.29, 1.82) is 0 Å². The minimum atomic E-state index is -0.403. The molecule has 4 rings (SSSR count). The average Bonchev–Trinajstić information content (AvgIpc) is 3.38. The Hall–Kier alpha value is -2.34. The van der Waals surface area contributed by atoms with Gasteiger partial charge in [-0.05, 0) is 55.9 Å². The van der Waals surface area contributed by atoms with Crippen molar-refractivity contribution >= 4 is 23.4 Å². The largest absolute Gasteiger partial charge is 0.354 e. The highest BCUT2D eigenvalue weighted by Gasteiger charge is 2.47. The van der Waals surface area contributed by atoms with Gasteiger partial charge in [0.2, 0.25) is 5.91 Å². The first kappa shape index (κ1) is 20.0. The number of halogens is 1. The van der Waals surface area contributed by atoms with E-state index in [1.165, 1.54) is 6.42 Å². The van der Waals surface area contributed by atoms with Crippen LogP contribution in [0.2, 0.25) is 5.02 Å². The van der Waals surface area contributed by atoms with Crippen molar-refractivity contribution in [3.05, 3.63) is 53.3 Å². The number of nitrogens with one attached hydrogen (secondary N) is 1. The van der Waals surface area contributed by atoms with E-state index in [0.29, 0.717) is 23.0 Å². The van der Waals surface area contributed by atoms with Gasteiger partial charge in [0.25, 0.3) is 5.91 Å². The van der Waals surface area contributed by atoms with Crippen molar-refractivity contribution in [3.8, 4) is 0 Å². The third kappa shape index (κ3) is 4.47. The standard InChI is InChI=1S/C22H27ClN4O2/c23-18-8-3-7-17(14-18)22(29)27-19-9-2-1-6-16(19)15-20(27)21(28)24-10-4-12-26-13-5-11-25-26/h3,5,7-8,11,13-14,16,19-20H,1-2,4,6,9-10,12,15H2,(H,24,28)/t16-,19-,20-/m0/s1. The van der Waals surface area contributed by atoms with Crippen LogP contribution in [-0.2, 0) is 11.3 Å².